The maximum absolute atomic E-state index is 11.5. The van der Waals surface area contributed by atoms with E-state index in [0.717, 1.165) is 16.7 Å². The molecule has 0 aliphatic carbocycles. The van der Waals surface area contributed by atoms with Crippen LogP contribution >= 0.6 is 0 Å². The average molecular weight is 251 g/mol. The Balaban J connectivity index is 2.35. The van der Waals surface area contributed by atoms with Crippen molar-refractivity contribution in [2.24, 2.45) is 0 Å². The standard InChI is InChI=1S/C16H13NO2/c1-12-5-7-15(16(18)19-2)10-14(12)8-6-13-4-3-9-17-11-13/h3-5,7,9-11H,1-2H3. The number of aryl methyl sites for hydroxylation is 1. The smallest absolute Gasteiger partial charge is 0.337 e. The first-order valence-electron chi connectivity index (χ1n) is 5.81. The van der Waals surface area contributed by atoms with E-state index in [9.17, 15) is 4.79 Å². The second kappa shape index (κ2) is 5.83. The fourth-order valence-electron chi connectivity index (χ4n) is 1.58. The molecule has 1 aromatic carbocycles. The predicted octanol–water partition coefficient (Wildman–Crippen LogP) is 2.58. The van der Waals surface area contributed by atoms with Crippen molar-refractivity contribution in [3.63, 3.8) is 0 Å². The van der Waals surface area contributed by atoms with Gasteiger partial charge in [0.1, 0.15) is 0 Å². The number of nitrogens with zero attached hydrogens (tertiary/aromatic N) is 1. The summed E-state index contributed by atoms with van der Waals surface area (Å²) in [6.07, 6.45) is 3.40. The number of aromatic nitrogens is 1. The van der Waals surface area contributed by atoms with Gasteiger partial charge >= 0.3 is 5.97 Å². The van der Waals surface area contributed by atoms with Gasteiger partial charge in [0.2, 0.25) is 0 Å². The Hall–Kier alpha value is -2.60. The molecular formula is C16H13NO2. The number of ether oxygens (including phenoxy) is 1. The number of rotatable bonds is 1. The lowest BCUT2D eigenvalue weighted by atomic mass is 10.0. The van der Waals surface area contributed by atoms with E-state index in [1.807, 2.05) is 25.1 Å². The molecule has 0 N–H and O–H groups in total. The van der Waals surface area contributed by atoms with E-state index in [1.54, 1.807) is 24.5 Å². The molecule has 3 nitrogen and oxygen atoms in total. The van der Waals surface area contributed by atoms with Crippen LogP contribution in [-0.2, 0) is 4.74 Å². The molecule has 94 valence electrons. The van der Waals surface area contributed by atoms with Crippen molar-refractivity contribution in [2.75, 3.05) is 7.11 Å². The lowest BCUT2D eigenvalue weighted by Crippen LogP contribution is -2.01. The van der Waals surface area contributed by atoms with Crippen LogP contribution in [0, 0.1) is 18.8 Å². The average Bonchev–Trinajstić information content (AvgIpc) is 2.46. The van der Waals surface area contributed by atoms with Crippen LogP contribution < -0.4 is 0 Å². The van der Waals surface area contributed by atoms with Crippen molar-refractivity contribution < 1.29 is 9.53 Å². The van der Waals surface area contributed by atoms with Crippen LogP contribution in [0.1, 0.15) is 27.0 Å². The summed E-state index contributed by atoms with van der Waals surface area (Å²) in [5.74, 6) is 5.72. The van der Waals surface area contributed by atoms with Gasteiger partial charge in [-0.25, -0.2) is 4.79 Å². The Bertz CT molecular complexity index is 651. The molecule has 0 fully saturated rings. The van der Waals surface area contributed by atoms with Crippen molar-refractivity contribution in [1.82, 2.24) is 4.98 Å². The molecule has 3 heteroatoms. The van der Waals surface area contributed by atoms with Gasteiger partial charge in [-0.05, 0) is 36.8 Å². The lowest BCUT2D eigenvalue weighted by Gasteiger charge is -2.02. The Labute approximate surface area is 112 Å². The van der Waals surface area contributed by atoms with Crippen molar-refractivity contribution in [3.05, 3.63) is 65.0 Å². The van der Waals surface area contributed by atoms with E-state index < -0.39 is 0 Å². The highest BCUT2D eigenvalue weighted by Crippen LogP contribution is 2.11. The zero-order valence-corrected chi connectivity index (χ0v) is 10.8. The maximum Gasteiger partial charge on any atom is 0.337 e. The molecule has 0 spiro atoms. The fraction of sp³-hybridized carbons (Fsp3) is 0.125. The topological polar surface area (TPSA) is 39.2 Å². The maximum atomic E-state index is 11.5. The van der Waals surface area contributed by atoms with Gasteiger partial charge in [-0.3, -0.25) is 4.98 Å². The summed E-state index contributed by atoms with van der Waals surface area (Å²) in [7, 11) is 1.36. The van der Waals surface area contributed by atoms with Crippen LogP contribution in [0.3, 0.4) is 0 Å². The van der Waals surface area contributed by atoms with Crippen LogP contribution in [-0.4, -0.2) is 18.1 Å². The summed E-state index contributed by atoms with van der Waals surface area (Å²) in [5, 5.41) is 0. The van der Waals surface area contributed by atoms with Gasteiger partial charge in [-0.15, -0.1) is 0 Å². The number of methoxy groups -OCH3 is 1. The molecule has 2 aromatic rings. The third kappa shape index (κ3) is 3.20. The van der Waals surface area contributed by atoms with Gasteiger partial charge in [0.15, 0.2) is 0 Å². The van der Waals surface area contributed by atoms with Gasteiger partial charge in [0.25, 0.3) is 0 Å². The van der Waals surface area contributed by atoms with Crippen molar-refractivity contribution in [3.8, 4) is 11.8 Å². The predicted molar refractivity (Wildman–Crippen MR) is 72.7 cm³/mol. The minimum Gasteiger partial charge on any atom is -0.465 e. The summed E-state index contributed by atoms with van der Waals surface area (Å²) in [6, 6.07) is 9.06. The quantitative estimate of drug-likeness (QED) is 0.577. The number of hydrogen-bond acceptors (Lipinski definition) is 3. The lowest BCUT2D eigenvalue weighted by molar-refractivity contribution is 0.0600. The zero-order valence-electron chi connectivity index (χ0n) is 10.8. The molecule has 0 saturated heterocycles. The van der Waals surface area contributed by atoms with Crippen molar-refractivity contribution >= 4 is 5.97 Å². The number of hydrogen-bond donors (Lipinski definition) is 0. The molecule has 19 heavy (non-hydrogen) atoms. The monoisotopic (exact) mass is 251 g/mol. The van der Waals surface area contributed by atoms with Crippen molar-refractivity contribution in [2.45, 2.75) is 6.92 Å². The van der Waals surface area contributed by atoms with E-state index >= 15 is 0 Å². The molecule has 0 saturated carbocycles. The van der Waals surface area contributed by atoms with Crippen LogP contribution in [0.2, 0.25) is 0 Å². The summed E-state index contributed by atoms with van der Waals surface area (Å²) < 4.78 is 4.70. The first-order chi connectivity index (χ1) is 9.20. The summed E-state index contributed by atoms with van der Waals surface area (Å²) in [6.45, 7) is 1.95. The SMILES string of the molecule is COC(=O)c1ccc(C)c(C#Cc2cccnc2)c1. The molecule has 1 heterocycles. The summed E-state index contributed by atoms with van der Waals surface area (Å²) >= 11 is 0. The van der Waals surface area contributed by atoms with Crippen LogP contribution in [0.15, 0.2) is 42.7 Å². The minimum absolute atomic E-state index is 0.357. The summed E-state index contributed by atoms with van der Waals surface area (Å²) in [5.41, 5.74) is 3.17. The largest absolute Gasteiger partial charge is 0.465 e. The Morgan fingerprint density at radius 2 is 2.11 bits per heavy atom. The molecule has 1 aromatic heterocycles. The first-order valence-corrected chi connectivity index (χ1v) is 5.81. The third-order valence-electron chi connectivity index (χ3n) is 2.66. The fourth-order valence-corrected chi connectivity index (χ4v) is 1.58. The second-order valence-corrected chi connectivity index (χ2v) is 4.01. The molecule has 0 atom stereocenters. The molecule has 0 aliphatic rings. The van der Waals surface area contributed by atoms with Gasteiger partial charge in [-0.1, -0.05) is 17.9 Å². The Kier molecular flexibility index (Phi) is 3.94. The molecule has 2 rings (SSSR count). The highest BCUT2D eigenvalue weighted by molar-refractivity contribution is 5.89. The summed E-state index contributed by atoms with van der Waals surface area (Å²) in [4.78, 5) is 15.5. The van der Waals surface area contributed by atoms with E-state index in [4.69, 9.17) is 4.74 Å². The number of pyridine rings is 1. The number of carbonyl (C=O) groups excluding carboxylic acids is 1. The first kappa shape index (κ1) is 12.8. The molecule has 0 radical (unpaired) electrons. The number of esters is 1. The van der Waals surface area contributed by atoms with E-state index in [-0.39, 0.29) is 5.97 Å². The third-order valence-corrected chi connectivity index (χ3v) is 2.66. The number of carbonyl (C=O) groups is 1. The Morgan fingerprint density at radius 3 is 2.79 bits per heavy atom. The van der Waals surface area contributed by atoms with Gasteiger partial charge in [0.05, 0.1) is 12.7 Å². The van der Waals surface area contributed by atoms with Gasteiger partial charge < -0.3 is 4.74 Å². The van der Waals surface area contributed by atoms with E-state index in [0.29, 0.717) is 5.56 Å². The normalized spacial score (nSPS) is 9.37. The zero-order chi connectivity index (χ0) is 13.7. The van der Waals surface area contributed by atoms with E-state index in [1.165, 1.54) is 7.11 Å². The van der Waals surface area contributed by atoms with E-state index in [2.05, 4.69) is 16.8 Å². The van der Waals surface area contributed by atoms with Gasteiger partial charge in [-0.2, -0.15) is 0 Å². The Morgan fingerprint density at radius 1 is 1.26 bits per heavy atom. The van der Waals surface area contributed by atoms with Crippen LogP contribution in [0.5, 0.6) is 0 Å². The van der Waals surface area contributed by atoms with Gasteiger partial charge in [0, 0.05) is 23.5 Å². The number of benzene rings is 1. The van der Waals surface area contributed by atoms with Crippen molar-refractivity contribution in [1.29, 1.82) is 0 Å². The highest BCUT2D eigenvalue weighted by atomic mass is 16.5. The molecule has 0 unspecified atom stereocenters. The van der Waals surface area contributed by atoms with Crippen LogP contribution in [0.25, 0.3) is 0 Å². The van der Waals surface area contributed by atoms with Crippen LogP contribution in [0.4, 0.5) is 0 Å². The second-order valence-electron chi connectivity index (χ2n) is 4.01. The molecule has 0 bridgehead atoms. The molecule has 0 amide bonds. The highest BCUT2D eigenvalue weighted by Gasteiger charge is 2.06. The molecular weight excluding hydrogens is 238 g/mol. The minimum atomic E-state index is -0.357. The molecule has 0 aliphatic heterocycles.